The van der Waals surface area contributed by atoms with Gasteiger partial charge in [0.1, 0.15) is 5.82 Å². The predicted octanol–water partition coefficient (Wildman–Crippen LogP) is 0.813. The quantitative estimate of drug-likeness (QED) is 0.729. The molecule has 7 nitrogen and oxygen atoms in total. The van der Waals surface area contributed by atoms with Crippen LogP contribution in [0.15, 0.2) is 18.3 Å². The molecule has 1 aliphatic carbocycles. The fourth-order valence-corrected chi connectivity index (χ4v) is 4.45. The number of aromatic nitrogens is 1. The summed E-state index contributed by atoms with van der Waals surface area (Å²) in [6.45, 7) is 0.801. The third-order valence-electron chi connectivity index (χ3n) is 5.05. The first-order chi connectivity index (χ1) is 12.1. The van der Waals surface area contributed by atoms with Gasteiger partial charge >= 0.3 is 0 Å². The van der Waals surface area contributed by atoms with Gasteiger partial charge in [0.25, 0.3) is 5.91 Å². The first-order valence-corrected chi connectivity index (χ1v) is 9.85. The number of pyridine rings is 1. The van der Waals surface area contributed by atoms with Crippen LogP contribution in [0.3, 0.4) is 0 Å². The minimum atomic E-state index is -0.427. The molecule has 1 aliphatic heterocycles. The van der Waals surface area contributed by atoms with E-state index in [9.17, 15) is 9.59 Å². The standard InChI is InChI=1S/C17H25N5O2S/c18-14(17(24)22-8-9-25-10-22)11-3-5-12(6-4-11)21-16(23)13-2-1-7-20-15(13)19/h1-2,7,11-12,14H,3-6,8-10,18H2,(H2,19,20)(H,21,23). The molecule has 136 valence electrons. The summed E-state index contributed by atoms with van der Waals surface area (Å²) in [7, 11) is 0. The zero-order valence-corrected chi connectivity index (χ0v) is 15.0. The van der Waals surface area contributed by atoms with Crippen molar-refractivity contribution in [3.8, 4) is 0 Å². The summed E-state index contributed by atoms with van der Waals surface area (Å²) in [5.41, 5.74) is 12.4. The molecule has 1 unspecified atom stereocenters. The average molecular weight is 363 g/mol. The monoisotopic (exact) mass is 363 g/mol. The Hall–Kier alpha value is -1.80. The fraction of sp³-hybridized carbons (Fsp3) is 0.588. The summed E-state index contributed by atoms with van der Waals surface area (Å²) in [5.74, 6) is 2.06. The Morgan fingerprint density at radius 2 is 2.08 bits per heavy atom. The smallest absolute Gasteiger partial charge is 0.255 e. The first-order valence-electron chi connectivity index (χ1n) is 8.69. The second kappa shape index (κ2) is 8.05. The summed E-state index contributed by atoms with van der Waals surface area (Å²) >= 11 is 1.77. The van der Waals surface area contributed by atoms with Crippen molar-refractivity contribution >= 4 is 29.4 Å². The van der Waals surface area contributed by atoms with Gasteiger partial charge in [-0.3, -0.25) is 9.59 Å². The number of rotatable bonds is 4. The maximum absolute atomic E-state index is 12.4. The molecular weight excluding hydrogens is 338 g/mol. The van der Waals surface area contributed by atoms with Crippen LogP contribution < -0.4 is 16.8 Å². The van der Waals surface area contributed by atoms with Crippen LogP contribution in [-0.2, 0) is 4.79 Å². The molecule has 25 heavy (non-hydrogen) atoms. The number of nitrogen functional groups attached to an aromatic ring is 1. The Morgan fingerprint density at radius 1 is 1.32 bits per heavy atom. The highest BCUT2D eigenvalue weighted by Gasteiger charge is 2.33. The number of hydrogen-bond donors (Lipinski definition) is 3. The van der Waals surface area contributed by atoms with Crippen LogP contribution in [0.1, 0.15) is 36.0 Å². The van der Waals surface area contributed by atoms with Crippen molar-refractivity contribution in [1.82, 2.24) is 15.2 Å². The number of nitrogens with one attached hydrogen (secondary N) is 1. The molecule has 1 atom stereocenters. The molecule has 2 amide bonds. The molecule has 0 aromatic carbocycles. The zero-order valence-electron chi connectivity index (χ0n) is 14.2. The maximum atomic E-state index is 12.4. The number of hydrogen-bond acceptors (Lipinski definition) is 6. The third kappa shape index (κ3) is 4.24. The van der Waals surface area contributed by atoms with E-state index in [0.29, 0.717) is 5.56 Å². The highest BCUT2D eigenvalue weighted by Crippen LogP contribution is 2.28. The van der Waals surface area contributed by atoms with E-state index in [1.165, 1.54) is 0 Å². The number of carbonyl (C=O) groups excluding carboxylic acids is 2. The van der Waals surface area contributed by atoms with Crippen molar-refractivity contribution in [1.29, 1.82) is 0 Å². The first kappa shape index (κ1) is 18.0. The van der Waals surface area contributed by atoms with Crippen molar-refractivity contribution < 1.29 is 9.59 Å². The fourth-order valence-electron chi connectivity index (χ4n) is 3.50. The van der Waals surface area contributed by atoms with Gasteiger partial charge in [0.15, 0.2) is 0 Å². The zero-order chi connectivity index (χ0) is 17.8. The van der Waals surface area contributed by atoms with Gasteiger partial charge in [0, 0.05) is 24.5 Å². The molecule has 5 N–H and O–H groups in total. The van der Waals surface area contributed by atoms with Gasteiger partial charge in [0.2, 0.25) is 5.91 Å². The van der Waals surface area contributed by atoms with E-state index >= 15 is 0 Å². The lowest BCUT2D eigenvalue weighted by atomic mass is 9.81. The number of nitrogens with zero attached hydrogens (tertiary/aromatic N) is 2. The number of thioether (sulfide) groups is 1. The van der Waals surface area contributed by atoms with Gasteiger partial charge < -0.3 is 21.7 Å². The van der Waals surface area contributed by atoms with Gasteiger partial charge in [0.05, 0.1) is 17.5 Å². The molecular formula is C17H25N5O2S. The second-order valence-electron chi connectivity index (χ2n) is 6.69. The van der Waals surface area contributed by atoms with E-state index in [1.54, 1.807) is 30.1 Å². The van der Waals surface area contributed by atoms with Gasteiger partial charge in [-0.1, -0.05) is 0 Å². The Balaban J connectivity index is 1.49. The van der Waals surface area contributed by atoms with Crippen LogP contribution in [-0.4, -0.2) is 52.0 Å². The molecule has 1 saturated carbocycles. The van der Waals surface area contributed by atoms with Crippen molar-refractivity contribution in [3.05, 3.63) is 23.9 Å². The molecule has 0 bridgehead atoms. The number of amides is 2. The highest BCUT2D eigenvalue weighted by atomic mass is 32.2. The van der Waals surface area contributed by atoms with E-state index in [0.717, 1.165) is 43.9 Å². The van der Waals surface area contributed by atoms with Gasteiger partial charge in [-0.2, -0.15) is 0 Å². The van der Waals surface area contributed by atoms with Crippen LogP contribution in [0.4, 0.5) is 5.82 Å². The van der Waals surface area contributed by atoms with E-state index in [4.69, 9.17) is 11.5 Å². The Kier molecular flexibility index (Phi) is 5.80. The molecule has 0 radical (unpaired) electrons. The molecule has 8 heteroatoms. The molecule has 0 spiro atoms. The van der Waals surface area contributed by atoms with Crippen molar-refractivity contribution in [2.24, 2.45) is 11.7 Å². The average Bonchev–Trinajstić information content (AvgIpc) is 3.16. The number of nitrogens with two attached hydrogens (primary N) is 2. The predicted molar refractivity (Wildman–Crippen MR) is 98.9 cm³/mol. The largest absolute Gasteiger partial charge is 0.383 e. The van der Waals surface area contributed by atoms with Gasteiger partial charge in [-0.15, -0.1) is 11.8 Å². The van der Waals surface area contributed by atoms with Crippen LogP contribution in [0.5, 0.6) is 0 Å². The molecule has 2 aliphatic rings. The summed E-state index contributed by atoms with van der Waals surface area (Å²) in [6.07, 6.45) is 4.91. The minimum absolute atomic E-state index is 0.0700. The number of anilines is 1. The molecule has 1 saturated heterocycles. The second-order valence-corrected chi connectivity index (χ2v) is 7.76. The van der Waals surface area contributed by atoms with Crippen LogP contribution >= 0.6 is 11.8 Å². The van der Waals surface area contributed by atoms with E-state index in [2.05, 4.69) is 10.3 Å². The molecule has 1 aromatic rings. The van der Waals surface area contributed by atoms with Crippen molar-refractivity contribution in [3.63, 3.8) is 0 Å². The van der Waals surface area contributed by atoms with E-state index < -0.39 is 6.04 Å². The van der Waals surface area contributed by atoms with E-state index in [1.807, 2.05) is 4.90 Å². The summed E-state index contributed by atoms with van der Waals surface area (Å²) in [6, 6.07) is 3.03. The lowest BCUT2D eigenvalue weighted by Gasteiger charge is -2.33. The third-order valence-corrected chi connectivity index (χ3v) is 6.01. The van der Waals surface area contributed by atoms with Crippen LogP contribution in [0.25, 0.3) is 0 Å². The minimum Gasteiger partial charge on any atom is -0.383 e. The Labute approximate surface area is 151 Å². The van der Waals surface area contributed by atoms with E-state index in [-0.39, 0.29) is 29.6 Å². The Morgan fingerprint density at radius 3 is 2.72 bits per heavy atom. The van der Waals surface area contributed by atoms with Crippen LogP contribution in [0.2, 0.25) is 0 Å². The topological polar surface area (TPSA) is 114 Å². The molecule has 2 fully saturated rings. The summed E-state index contributed by atoms with van der Waals surface area (Å²) < 4.78 is 0. The van der Waals surface area contributed by atoms with Crippen LogP contribution in [0, 0.1) is 5.92 Å². The lowest BCUT2D eigenvalue weighted by molar-refractivity contribution is -0.132. The van der Waals surface area contributed by atoms with Gasteiger partial charge in [-0.05, 0) is 43.7 Å². The molecule has 1 aromatic heterocycles. The maximum Gasteiger partial charge on any atom is 0.255 e. The molecule has 3 rings (SSSR count). The highest BCUT2D eigenvalue weighted by molar-refractivity contribution is 7.99. The lowest BCUT2D eigenvalue weighted by Crippen LogP contribution is -2.49. The Bertz CT molecular complexity index is 627. The normalized spacial score (nSPS) is 24.8. The van der Waals surface area contributed by atoms with Gasteiger partial charge in [-0.25, -0.2) is 4.98 Å². The molecule has 2 heterocycles. The van der Waals surface area contributed by atoms with Crippen molar-refractivity contribution in [2.45, 2.75) is 37.8 Å². The SMILES string of the molecule is Nc1ncccc1C(=O)NC1CCC(C(N)C(=O)N2CCSC2)CC1. The van der Waals surface area contributed by atoms with Crippen molar-refractivity contribution in [2.75, 3.05) is 23.9 Å². The summed E-state index contributed by atoms with van der Waals surface area (Å²) in [5, 5.41) is 3.02. The number of carbonyl (C=O) groups is 2. The summed E-state index contributed by atoms with van der Waals surface area (Å²) in [4.78, 5) is 30.5.